The van der Waals surface area contributed by atoms with Crippen LogP contribution in [0, 0.1) is 0 Å². The van der Waals surface area contributed by atoms with E-state index in [9.17, 15) is 9.59 Å². The number of hydrogen-bond donors (Lipinski definition) is 2. The summed E-state index contributed by atoms with van der Waals surface area (Å²) in [6, 6.07) is 28.6. The molecule has 33 heavy (non-hydrogen) atoms. The van der Waals surface area contributed by atoms with Crippen molar-refractivity contribution >= 4 is 11.8 Å². The number of likely N-dealkylation sites (tertiary alicyclic amines) is 1. The van der Waals surface area contributed by atoms with Gasteiger partial charge in [0.15, 0.2) is 0 Å². The topological polar surface area (TPSA) is 75.4 Å². The molecule has 3 aromatic carbocycles. The predicted octanol–water partition coefficient (Wildman–Crippen LogP) is 3.65. The fraction of sp³-hybridized carbons (Fsp3) is 0.286. The Hall–Kier alpha value is -3.44. The number of nitrogens with zero attached hydrogens (tertiary/aromatic N) is 1. The van der Waals surface area contributed by atoms with E-state index in [1.54, 1.807) is 4.90 Å². The third-order valence-electron chi connectivity index (χ3n) is 6.26. The van der Waals surface area contributed by atoms with Crippen molar-refractivity contribution in [2.24, 2.45) is 5.73 Å². The van der Waals surface area contributed by atoms with Crippen LogP contribution in [0.15, 0.2) is 91.0 Å². The Balaban J connectivity index is 1.46. The van der Waals surface area contributed by atoms with Crippen LogP contribution in [0.5, 0.6) is 0 Å². The van der Waals surface area contributed by atoms with Crippen LogP contribution in [-0.2, 0) is 22.4 Å². The molecule has 0 bridgehead atoms. The van der Waals surface area contributed by atoms with Gasteiger partial charge in [0.1, 0.15) is 6.04 Å². The third kappa shape index (κ3) is 5.88. The molecule has 3 aromatic rings. The van der Waals surface area contributed by atoms with Gasteiger partial charge in [-0.1, -0.05) is 91.0 Å². The molecule has 170 valence electrons. The molecule has 0 aromatic heterocycles. The van der Waals surface area contributed by atoms with Crippen LogP contribution in [-0.4, -0.2) is 35.3 Å². The zero-order valence-electron chi connectivity index (χ0n) is 18.8. The van der Waals surface area contributed by atoms with Crippen LogP contribution >= 0.6 is 0 Å². The van der Waals surface area contributed by atoms with E-state index in [2.05, 4.69) is 17.4 Å². The molecule has 0 unspecified atom stereocenters. The van der Waals surface area contributed by atoms with Gasteiger partial charge in [0.2, 0.25) is 11.8 Å². The minimum atomic E-state index is -0.657. The molecule has 1 fully saturated rings. The zero-order valence-corrected chi connectivity index (χ0v) is 18.8. The summed E-state index contributed by atoms with van der Waals surface area (Å²) in [5, 5.41) is 3.22. The van der Waals surface area contributed by atoms with Crippen LogP contribution in [0.2, 0.25) is 0 Å². The Morgan fingerprint density at radius 1 is 0.848 bits per heavy atom. The molecule has 1 aliphatic heterocycles. The van der Waals surface area contributed by atoms with Crippen molar-refractivity contribution in [1.29, 1.82) is 0 Å². The van der Waals surface area contributed by atoms with E-state index in [0.717, 1.165) is 23.1 Å². The second-order valence-corrected chi connectivity index (χ2v) is 8.65. The molecule has 4 rings (SSSR count). The maximum absolute atomic E-state index is 13.4. The van der Waals surface area contributed by atoms with Crippen LogP contribution in [0.3, 0.4) is 0 Å². The average Bonchev–Trinajstić information content (AvgIpc) is 3.35. The molecule has 0 saturated carbocycles. The van der Waals surface area contributed by atoms with Gasteiger partial charge in [-0.25, -0.2) is 0 Å². The smallest absolute Gasteiger partial charge is 0.243 e. The first-order valence-electron chi connectivity index (χ1n) is 11.6. The SMILES string of the molecule is N[C@@H](Cc1ccccc1)C(=O)N1CCC[C@H]1C(=O)N[C@@H](Cc1ccccc1)c1ccccc1. The number of amides is 2. The molecule has 3 atom stereocenters. The van der Waals surface area contributed by atoms with Gasteiger partial charge in [0.25, 0.3) is 0 Å². The van der Waals surface area contributed by atoms with E-state index in [1.165, 1.54) is 0 Å². The van der Waals surface area contributed by atoms with E-state index >= 15 is 0 Å². The first-order valence-corrected chi connectivity index (χ1v) is 11.6. The summed E-state index contributed by atoms with van der Waals surface area (Å²) >= 11 is 0. The molecule has 0 spiro atoms. The van der Waals surface area contributed by atoms with Crippen LogP contribution < -0.4 is 11.1 Å². The second-order valence-electron chi connectivity index (χ2n) is 8.65. The van der Waals surface area contributed by atoms with Crippen molar-refractivity contribution in [3.05, 3.63) is 108 Å². The Bertz CT molecular complexity index is 1040. The largest absolute Gasteiger partial charge is 0.347 e. The summed E-state index contributed by atoms with van der Waals surface area (Å²) in [6.07, 6.45) is 2.61. The van der Waals surface area contributed by atoms with Gasteiger partial charge >= 0.3 is 0 Å². The van der Waals surface area contributed by atoms with E-state index < -0.39 is 12.1 Å². The van der Waals surface area contributed by atoms with Gasteiger partial charge in [-0.3, -0.25) is 9.59 Å². The maximum atomic E-state index is 13.4. The van der Waals surface area contributed by atoms with E-state index in [4.69, 9.17) is 5.73 Å². The molecular weight excluding hydrogens is 410 g/mol. The Labute approximate surface area is 195 Å². The molecule has 1 saturated heterocycles. The third-order valence-corrected chi connectivity index (χ3v) is 6.26. The lowest BCUT2D eigenvalue weighted by molar-refractivity contribution is -0.139. The maximum Gasteiger partial charge on any atom is 0.243 e. The number of carbonyl (C=O) groups excluding carboxylic acids is 2. The summed E-state index contributed by atoms with van der Waals surface area (Å²) in [5.41, 5.74) is 9.48. The quantitative estimate of drug-likeness (QED) is 0.560. The summed E-state index contributed by atoms with van der Waals surface area (Å²) in [4.78, 5) is 28.2. The normalized spacial score (nSPS) is 17.4. The average molecular weight is 442 g/mol. The van der Waals surface area contributed by atoms with E-state index in [-0.39, 0.29) is 17.9 Å². The molecule has 5 nitrogen and oxygen atoms in total. The molecular formula is C28H31N3O2. The zero-order chi connectivity index (χ0) is 23.0. The number of nitrogens with two attached hydrogens (primary N) is 1. The lowest BCUT2D eigenvalue weighted by Gasteiger charge is -2.29. The van der Waals surface area contributed by atoms with Crippen molar-refractivity contribution in [1.82, 2.24) is 10.2 Å². The molecule has 2 amide bonds. The lowest BCUT2D eigenvalue weighted by atomic mass is 9.98. The number of rotatable bonds is 8. The van der Waals surface area contributed by atoms with Gasteiger partial charge in [0, 0.05) is 6.54 Å². The van der Waals surface area contributed by atoms with Crippen molar-refractivity contribution in [3.8, 4) is 0 Å². The van der Waals surface area contributed by atoms with Gasteiger partial charge < -0.3 is 16.0 Å². The van der Waals surface area contributed by atoms with E-state index in [0.29, 0.717) is 25.8 Å². The van der Waals surface area contributed by atoms with Crippen molar-refractivity contribution in [2.75, 3.05) is 6.54 Å². The predicted molar refractivity (Wildman–Crippen MR) is 130 cm³/mol. The Morgan fingerprint density at radius 3 is 2.00 bits per heavy atom. The Kier molecular flexibility index (Phi) is 7.53. The molecule has 5 heteroatoms. The summed E-state index contributed by atoms with van der Waals surface area (Å²) in [5.74, 6) is -0.270. The molecule has 1 heterocycles. The minimum absolute atomic E-state index is 0.113. The fourth-order valence-electron chi connectivity index (χ4n) is 4.53. The summed E-state index contributed by atoms with van der Waals surface area (Å²) < 4.78 is 0. The van der Waals surface area contributed by atoms with Crippen LogP contribution in [0.25, 0.3) is 0 Å². The molecule has 3 N–H and O–H groups in total. The minimum Gasteiger partial charge on any atom is -0.347 e. The van der Waals surface area contributed by atoms with E-state index in [1.807, 2.05) is 78.9 Å². The van der Waals surface area contributed by atoms with Crippen molar-refractivity contribution < 1.29 is 9.59 Å². The number of nitrogens with one attached hydrogen (secondary N) is 1. The molecule has 0 radical (unpaired) electrons. The highest BCUT2D eigenvalue weighted by Crippen LogP contribution is 2.23. The monoisotopic (exact) mass is 441 g/mol. The summed E-state index contributed by atoms with van der Waals surface area (Å²) in [7, 11) is 0. The highest BCUT2D eigenvalue weighted by atomic mass is 16.2. The first kappa shape index (κ1) is 22.7. The fourth-order valence-corrected chi connectivity index (χ4v) is 4.53. The van der Waals surface area contributed by atoms with Crippen molar-refractivity contribution in [3.63, 3.8) is 0 Å². The number of hydrogen-bond acceptors (Lipinski definition) is 3. The van der Waals surface area contributed by atoms with Gasteiger partial charge in [-0.2, -0.15) is 0 Å². The second kappa shape index (κ2) is 10.9. The summed E-state index contributed by atoms with van der Waals surface area (Å²) in [6.45, 7) is 0.564. The van der Waals surface area contributed by atoms with Gasteiger partial charge in [-0.05, 0) is 42.4 Å². The van der Waals surface area contributed by atoms with Crippen LogP contribution in [0.4, 0.5) is 0 Å². The highest BCUT2D eigenvalue weighted by Gasteiger charge is 2.36. The number of carbonyl (C=O) groups is 2. The standard InChI is InChI=1S/C28H31N3O2/c29-24(19-21-11-4-1-5-12-21)28(33)31-18-10-17-26(31)27(32)30-25(23-15-8-3-9-16-23)20-22-13-6-2-7-14-22/h1-9,11-16,24-26H,10,17-20,29H2,(H,30,32)/t24-,25-,26-/m0/s1. The van der Waals surface area contributed by atoms with Gasteiger partial charge in [-0.15, -0.1) is 0 Å². The highest BCUT2D eigenvalue weighted by molar-refractivity contribution is 5.90. The first-order chi connectivity index (χ1) is 16.1. The molecule has 0 aliphatic carbocycles. The van der Waals surface area contributed by atoms with Gasteiger partial charge in [0.05, 0.1) is 12.1 Å². The van der Waals surface area contributed by atoms with Crippen molar-refractivity contribution in [2.45, 2.75) is 43.8 Å². The molecule has 1 aliphatic rings. The Morgan fingerprint density at radius 2 is 1.39 bits per heavy atom. The van der Waals surface area contributed by atoms with Crippen LogP contribution in [0.1, 0.15) is 35.6 Å². The lowest BCUT2D eigenvalue weighted by Crippen LogP contribution is -2.52. The number of benzene rings is 3.